The molecule has 0 aromatic carbocycles. The summed E-state index contributed by atoms with van der Waals surface area (Å²) in [6, 6.07) is -0.155. The normalized spacial score (nSPS) is 12.4. The molecule has 96 valence electrons. The van der Waals surface area contributed by atoms with Crippen molar-refractivity contribution in [2.45, 2.75) is 19.9 Å². The van der Waals surface area contributed by atoms with Crippen molar-refractivity contribution in [2.24, 2.45) is 5.73 Å². The first-order valence-electron chi connectivity index (χ1n) is 5.50. The third kappa shape index (κ3) is 2.04. The summed E-state index contributed by atoms with van der Waals surface area (Å²) < 4.78 is 6.65. The van der Waals surface area contributed by atoms with Crippen LogP contribution in [0, 0.1) is 6.92 Å². The van der Waals surface area contributed by atoms with Gasteiger partial charge in [0.15, 0.2) is 0 Å². The topological polar surface area (TPSA) is 70.1 Å². The first-order chi connectivity index (χ1) is 8.56. The smallest absolute Gasteiger partial charge is 0.350 e. The summed E-state index contributed by atoms with van der Waals surface area (Å²) >= 11 is 1.36. The number of carbonyl (C=O) groups is 1. The molecule has 6 heteroatoms. The lowest BCUT2D eigenvalue weighted by Crippen LogP contribution is -2.13. The Morgan fingerprint density at radius 2 is 2.33 bits per heavy atom. The minimum absolute atomic E-state index is 0.155. The molecular weight excluding hydrogens is 250 g/mol. The molecule has 1 atom stereocenters. The molecule has 0 fully saturated rings. The molecule has 18 heavy (non-hydrogen) atoms. The van der Waals surface area contributed by atoms with Gasteiger partial charge in [0.25, 0.3) is 0 Å². The molecule has 0 amide bonds. The standard InChI is InChI=1S/C12H15N3O2S/c1-7-5-18-11(12(16)17-3)10(7)15-6-14-4-9(15)8(2)13/h4-6,8H,13H2,1-3H3. The van der Waals surface area contributed by atoms with Crippen LogP contribution in [-0.4, -0.2) is 22.6 Å². The third-order valence-electron chi connectivity index (χ3n) is 2.69. The molecule has 0 saturated heterocycles. The van der Waals surface area contributed by atoms with E-state index in [9.17, 15) is 4.79 Å². The highest BCUT2D eigenvalue weighted by Gasteiger charge is 2.20. The average Bonchev–Trinajstić information content (AvgIpc) is 2.93. The van der Waals surface area contributed by atoms with Crippen molar-refractivity contribution in [3.05, 3.63) is 34.0 Å². The van der Waals surface area contributed by atoms with Crippen LogP contribution in [0.2, 0.25) is 0 Å². The Morgan fingerprint density at radius 1 is 1.61 bits per heavy atom. The lowest BCUT2D eigenvalue weighted by molar-refractivity contribution is 0.0606. The maximum Gasteiger partial charge on any atom is 0.350 e. The monoisotopic (exact) mass is 265 g/mol. The predicted molar refractivity (Wildman–Crippen MR) is 70.1 cm³/mol. The first kappa shape index (κ1) is 12.8. The van der Waals surface area contributed by atoms with Crippen LogP contribution < -0.4 is 5.73 Å². The van der Waals surface area contributed by atoms with Gasteiger partial charge >= 0.3 is 5.97 Å². The second kappa shape index (κ2) is 4.91. The van der Waals surface area contributed by atoms with Crippen molar-refractivity contribution < 1.29 is 9.53 Å². The molecule has 0 aliphatic rings. The van der Waals surface area contributed by atoms with Gasteiger partial charge < -0.3 is 10.5 Å². The Bertz CT molecular complexity index is 572. The van der Waals surface area contributed by atoms with E-state index in [1.54, 1.807) is 12.5 Å². The fourth-order valence-corrected chi connectivity index (χ4v) is 2.76. The summed E-state index contributed by atoms with van der Waals surface area (Å²) in [6.45, 7) is 3.83. The highest BCUT2D eigenvalue weighted by atomic mass is 32.1. The van der Waals surface area contributed by atoms with Gasteiger partial charge in [0, 0.05) is 6.04 Å². The lowest BCUT2D eigenvalue weighted by atomic mass is 10.2. The first-order valence-corrected chi connectivity index (χ1v) is 6.38. The molecule has 0 radical (unpaired) electrons. The molecule has 0 bridgehead atoms. The number of aryl methyl sites for hydroxylation is 1. The molecule has 0 spiro atoms. The average molecular weight is 265 g/mol. The number of nitrogens with zero attached hydrogens (tertiary/aromatic N) is 2. The molecule has 0 saturated carbocycles. The van der Waals surface area contributed by atoms with Crippen LogP contribution in [0.15, 0.2) is 17.9 Å². The van der Waals surface area contributed by atoms with Crippen LogP contribution in [0.3, 0.4) is 0 Å². The molecular formula is C12H15N3O2S. The number of nitrogens with two attached hydrogens (primary N) is 1. The molecule has 0 aliphatic carbocycles. The van der Waals surface area contributed by atoms with Crippen LogP contribution in [0.4, 0.5) is 0 Å². The zero-order chi connectivity index (χ0) is 13.3. The van der Waals surface area contributed by atoms with Gasteiger partial charge in [-0.3, -0.25) is 4.57 Å². The highest BCUT2D eigenvalue weighted by molar-refractivity contribution is 7.12. The summed E-state index contributed by atoms with van der Waals surface area (Å²) in [7, 11) is 1.38. The molecule has 0 aliphatic heterocycles. The summed E-state index contributed by atoms with van der Waals surface area (Å²) in [5.74, 6) is -0.340. The van der Waals surface area contributed by atoms with Crippen molar-refractivity contribution in [3.8, 4) is 5.69 Å². The Morgan fingerprint density at radius 3 is 2.94 bits per heavy atom. The van der Waals surface area contributed by atoms with Crippen molar-refractivity contribution in [3.63, 3.8) is 0 Å². The summed E-state index contributed by atoms with van der Waals surface area (Å²) in [5, 5.41) is 1.92. The SMILES string of the molecule is COC(=O)c1scc(C)c1-n1cncc1C(C)N. The number of aromatic nitrogens is 2. The largest absolute Gasteiger partial charge is 0.465 e. The van der Waals surface area contributed by atoms with Gasteiger partial charge in [0.2, 0.25) is 0 Å². The maximum absolute atomic E-state index is 11.7. The molecule has 5 nitrogen and oxygen atoms in total. The number of thiophene rings is 1. The third-order valence-corrected chi connectivity index (χ3v) is 3.75. The van der Waals surface area contributed by atoms with Gasteiger partial charge in [-0.1, -0.05) is 0 Å². The minimum Gasteiger partial charge on any atom is -0.465 e. The van der Waals surface area contributed by atoms with Gasteiger partial charge in [-0.15, -0.1) is 11.3 Å². The molecule has 2 heterocycles. The summed E-state index contributed by atoms with van der Waals surface area (Å²) in [4.78, 5) is 16.4. The van der Waals surface area contributed by atoms with Crippen LogP contribution in [0.25, 0.3) is 5.69 Å². The van der Waals surface area contributed by atoms with Crippen molar-refractivity contribution >= 4 is 17.3 Å². The van der Waals surface area contributed by atoms with E-state index < -0.39 is 0 Å². The Labute approximate surface area is 109 Å². The summed E-state index contributed by atoms with van der Waals surface area (Å²) in [6.07, 6.45) is 3.38. The van der Waals surface area contributed by atoms with Crippen LogP contribution in [-0.2, 0) is 4.74 Å². The zero-order valence-corrected chi connectivity index (χ0v) is 11.3. The number of carbonyl (C=O) groups excluding carboxylic acids is 1. The highest BCUT2D eigenvalue weighted by Crippen LogP contribution is 2.29. The van der Waals surface area contributed by atoms with E-state index in [4.69, 9.17) is 10.5 Å². The van der Waals surface area contributed by atoms with Gasteiger partial charge in [-0.25, -0.2) is 9.78 Å². The van der Waals surface area contributed by atoms with Crippen LogP contribution in [0.1, 0.15) is 33.9 Å². The summed E-state index contributed by atoms with van der Waals surface area (Å²) in [5.41, 5.74) is 8.57. The second-order valence-corrected chi connectivity index (χ2v) is 4.94. The van der Waals surface area contributed by atoms with Crippen LogP contribution in [0.5, 0.6) is 0 Å². The van der Waals surface area contributed by atoms with Crippen LogP contribution >= 0.6 is 11.3 Å². The predicted octanol–water partition coefficient (Wildman–Crippen LogP) is 2.05. The van der Waals surface area contributed by atoms with Gasteiger partial charge in [-0.2, -0.15) is 0 Å². The van der Waals surface area contributed by atoms with Gasteiger partial charge in [-0.05, 0) is 24.8 Å². The van der Waals surface area contributed by atoms with E-state index in [0.717, 1.165) is 16.9 Å². The number of rotatable bonds is 3. The number of methoxy groups -OCH3 is 1. The number of imidazole rings is 1. The van der Waals surface area contributed by atoms with Crippen molar-refractivity contribution in [2.75, 3.05) is 7.11 Å². The van der Waals surface area contributed by atoms with E-state index in [1.165, 1.54) is 18.4 Å². The van der Waals surface area contributed by atoms with E-state index in [1.807, 2.05) is 23.8 Å². The number of esters is 1. The maximum atomic E-state index is 11.7. The number of ether oxygens (including phenoxy) is 1. The molecule has 2 aromatic heterocycles. The number of hydrogen-bond donors (Lipinski definition) is 1. The van der Waals surface area contributed by atoms with E-state index >= 15 is 0 Å². The fraction of sp³-hybridized carbons (Fsp3) is 0.333. The fourth-order valence-electron chi connectivity index (χ4n) is 1.80. The quantitative estimate of drug-likeness (QED) is 0.862. The second-order valence-electron chi connectivity index (χ2n) is 4.07. The zero-order valence-electron chi connectivity index (χ0n) is 10.5. The molecule has 2 aromatic rings. The van der Waals surface area contributed by atoms with E-state index in [-0.39, 0.29) is 12.0 Å². The molecule has 1 unspecified atom stereocenters. The van der Waals surface area contributed by atoms with E-state index in [0.29, 0.717) is 4.88 Å². The van der Waals surface area contributed by atoms with Crippen molar-refractivity contribution in [1.29, 1.82) is 0 Å². The number of hydrogen-bond acceptors (Lipinski definition) is 5. The van der Waals surface area contributed by atoms with E-state index in [2.05, 4.69) is 4.98 Å². The Kier molecular flexibility index (Phi) is 3.49. The van der Waals surface area contributed by atoms with Gasteiger partial charge in [0.1, 0.15) is 4.88 Å². The molecule has 2 N–H and O–H groups in total. The van der Waals surface area contributed by atoms with Gasteiger partial charge in [0.05, 0.1) is 31.0 Å². The minimum atomic E-state index is -0.340. The Balaban J connectivity index is 2.60. The van der Waals surface area contributed by atoms with Crippen molar-refractivity contribution in [1.82, 2.24) is 9.55 Å². The Hall–Kier alpha value is -1.66. The molecule has 2 rings (SSSR count). The lowest BCUT2D eigenvalue weighted by Gasteiger charge is -2.12.